The van der Waals surface area contributed by atoms with Crippen molar-refractivity contribution in [2.24, 2.45) is 5.92 Å². The van der Waals surface area contributed by atoms with Gasteiger partial charge in [-0.15, -0.1) is 0 Å². The van der Waals surface area contributed by atoms with E-state index in [1.807, 2.05) is 24.3 Å². The maximum absolute atomic E-state index is 12.4. The van der Waals surface area contributed by atoms with Gasteiger partial charge in [0.1, 0.15) is 0 Å². The highest BCUT2D eigenvalue weighted by Gasteiger charge is 2.26. The van der Waals surface area contributed by atoms with Crippen molar-refractivity contribution in [1.82, 2.24) is 4.98 Å². The highest BCUT2D eigenvalue weighted by Crippen LogP contribution is 2.30. The van der Waals surface area contributed by atoms with Gasteiger partial charge in [-0.25, -0.2) is 0 Å². The third kappa shape index (κ3) is 3.26. The fourth-order valence-corrected chi connectivity index (χ4v) is 3.12. The predicted molar refractivity (Wildman–Crippen MR) is 90.0 cm³/mol. The molecule has 2 heterocycles. The Kier molecular flexibility index (Phi) is 4.65. The molecule has 2 aromatic rings. The van der Waals surface area contributed by atoms with E-state index in [2.05, 4.69) is 9.88 Å². The van der Waals surface area contributed by atoms with E-state index in [0.717, 1.165) is 31.6 Å². The first-order valence-corrected chi connectivity index (χ1v) is 8.05. The Balaban J connectivity index is 1.65. The molecule has 0 aliphatic carbocycles. The Hall–Kier alpha value is -1.58. The van der Waals surface area contributed by atoms with E-state index in [4.69, 9.17) is 23.2 Å². The number of ketones is 1. The lowest BCUT2D eigenvalue weighted by Gasteiger charge is -2.33. The van der Waals surface area contributed by atoms with Crippen LogP contribution in [0.1, 0.15) is 23.2 Å². The molecule has 114 valence electrons. The number of hydrogen-bond donors (Lipinski definition) is 0. The topological polar surface area (TPSA) is 33.2 Å². The SMILES string of the molecule is O=C(c1cccnc1)C1CCN(c2ccc(Cl)c(Cl)c2)CC1. The first-order chi connectivity index (χ1) is 10.6. The van der Waals surface area contributed by atoms with Gasteiger partial charge in [0, 0.05) is 42.7 Å². The van der Waals surface area contributed by atoms with E-state index in [1.54, 1.807) is 18.5 Å². The van der Waals surface area contributed by atoms with Gasteiger partial charge in [-0.3, -0.25) is 9.78 Å². The van der Waals surface area contributed by atoms with Crippen molar-refractivity contribution in [1.29, 1.82) is 0 Å². The van der Waals surface area contributed by atoms with Crippen LogP contribution in [0.5, 0.6) is 0 Å². The molecule has 1 fully saturated rings. The lowest BCUT2D eigenvalue weighted by molar-refractivity contribution is 0.0900. The lowest BCUT2D eigenvalue weighted by Crippen LogP contribution is -2.36. The number of pyridine rings is 1. The average molecular weight is 335 g/mol. The molecule has 0 unspecified atom stereocenters. The van der Waals surface area contributed by atoms with Gasteiger partial charge in [-0.1, -0.05) is 23.2 Å². The summed E-state index contributed by atoms with van der Waals surface area (Å²) in [6, 6.07) is 9.30. The summed E-state index contributed by atoms with van der Waals surface area (Å²) < 4.78 is 0. The summed E-state index contributed by atoms with van der Waals surface area (Å²) in [6.07, 6.45) is 5.01. The third-order valence-corrected chi connectivity index (χ3v) is 4.82. The fourth-order valence-electron chi connectivity index (χ4n) is 2.83. The molecule has 0 radical (unpaired) electrons. The fraction of sp³-hybridized carbons (Fsp3) is 0.294. The van der Waals surface area contributed by atoms with Crippen molar-refractivity contribution in [3.63, 3.8) is 0 Å². The molecule has 3 nitrogen and oxygen atoms in total. The first-order valence-electron chi connectivity index (χ1n) is 7.29. The van der Waals surface area contributed by atoms with Crippen LogP contribution in [-0.4, -0.2) is 23.9 Å². The van der Waals surface area contributed by atoms with Crippen LogP contribution in [0.25, 0.3) is 0 Å². The molecule has 3 rings (SSSR count). The molecule has 1 saturated heterocycles. The van der Waals surface area contributed by atoms with Crippen LogP contribution in [0.2, 0.25) is 10.0 Å². The average Bonchev–Trinajstić information content (AvgIpc) is 2.58. The first kappa shape index (κ1) is 15.3. The van der Waals surface area contributed by atoms with Gasteiger partial charge in [0.05, 0.1) is 10.0 Å². The van der Waals surface area contributed by atoms with E-state index in [9.17, 15) is 4.79 Å². The zero-order chi connectivity index (χ0) is 15.5. The molecule has 0 bridgehead atoms. The van der Waals surface area contributed by atoms with Crippen molar-refractivity contribution in [2.75, 3.05) is 18.0 Å². The van der Waals surface area contributed by atoms with Crippen LogP contribution < -0.4 is 4.90 Å². The Morgan fingerprint density at radius 3 is 2.55 bits per heavy atom. The van der Waals surface area contributed by atoms with Gasteiger partial charge < -0.3 is 4.90 Å². The number of rotatable bonds is 3. The number of piperidine rings is 1. The van der Waals surface area contributed by atoms with Gasteiger partial charge >= 0.3 is 0 Å². The number of carbonyl (C=O) groups is 1. The predicted octanol–water partition coefficient (Wildman–Crippen LogP) is 4.49. The maximum Gasteiger partial charge on any atom is 0.167 e. The number of nitrogens with zero attached hydrogens (tertiary/aromatic N) is 2. The molecule has 5 heteroatoms. The minimum Gasteiger partial charge on any atom is -0.371 e. The molecule has 0 amide bonds. The van der Waals surface area contributed by atoms with E-state index in [1.165, 1.54) is 0 Å². The summed E-state index contributed by atoms with van der Waals surface area (Å²) in [5.74, 6) is 0.269. The van der Waals surface area contributed by atoms with Crippen molar-refractivity contribution >= 4 is 34.7 Å². The molecular weight excluding hydrogens is 319 g/mol. The lowest BCUT2D eigenvalue weighted by atomic mass is 9.89. The number of benzene rings is 1. The Bertz CT molecular complexity index is 668. The maximum atomic E-state index is 12.4. The molecule has 1 aromatic heterocycles. The zero-order valence-electron chi connectivity index (χ0n) is 12.0. The Labute approximate surface area is 139 Å². The minimum atomic E-state index is 0.0724. The standard InChI is InChI=1S/C17H16Cl2N2O/c18-15-4-3-14(10-16(15)19)21-8-5-12(6-9-21)17(22)13-2-1-7-20-11-13/h1-4,7,10-12H,5-6,8-9H2. The second-order valence-electron chi connectivity index (χ2n) is 5.47. The minimum absolute atomic E-state index is 0.0724. The van der Waals surface area contributed by atoms with Crippen LogP contribution >= 0.6 is 23.2 Å². The van der Waals surface area contributed by atoms with Crippen LogP contribution in [0, 0.1) is 5.92 Å². The van der Waals surface area contributed by atoms with E-state index in [0.29, 0.717) is 15.6 Å². The van der Waals surface area contributed by atoms with Crippen LogP contribution in [0.4, 0.5) is 5.69 Å². The van der Waals surface area contributed by atoms with Crippen LogP contribution in [0.3, 0.4) is 0 Å². The van der Waals surface area contributed by atoms with Gasteiger partial charge in [0.15, 0.2) is 5.78 Å². The molecule has 1 aliphatic rings. The van der Waals surface area contributed by atoms with Crippen molar-refractivity contribution in [2.45, 2.75) is 12.8 Å². The molecule has 0 spiro atoms. The smallest absolute Gasteiger partial charge is 0.167 e. The largest absolute Gasteiger partial charge is 0.371 e. The highest BCUT2D eigenvalue weighted by molar-refractivity contribution is 6.42. The Morgan fingerprint density at radius 2 is 1.91 bits per heavy atom. The van der Waals surface area contributed by atoms with Gasteiger partial charge in [-0.2, -0.15) is 0 Å². The number of aromatic nitrogens is 1. The number of halogens is 2. The molecular formula is C17H16Cl2N2O. The summed E-state index contributed by atoms with van der Waals surface area (Å²) in [6.45, 7) is 1.68. The molecule has 0 N–H and O–H groups in total. The molecule has 0 saturated carbocycles. The summed E-state index contributed by atoms with van der Waals surface area (Å²) in [7, 11) is 0. The van der Waals surface area contributed by atoms with E-state index >= 15 is 0 Å². The van der Waals surface area contributed by atoms with Crippen molar-refractivity contribution in [3.8, 4) is 0 Å². The number of Topliss-reactive ketones (excluding diaryl/α,β-unsaturated/α-hetero) is 1. The van der Waals surface area contributed by atoms with Crippen molar-refractivity contribution < 1.29 is 4.79 Å². The van der Waals surface area contributed by atoms with Crippen LogP contribution in [-0.2, 0) is 0 Å². The van der Waals surface area contributed by atoms with E-state index < -0.39 is 0 Å². The molecule has 1 aromatic carbocycles. The quantitative estimate of drug-likeness (QED) is 0.775. The second-order valence-corrected chi connectivity index (χ2v) is 6.28. The van der Waals surface area contributed by atoms with Crippen LogP contribution in [0.15, 0.2) is 42.7 Å². The molecule has 1 aliphatic heterocycles. The normalized spacial score (nSPS) is 15.8. The van der Waals surface area contributed by atoms with Gasteiger partial charge in [0.2, 0.25) is 0 Å². The van der Waals surface area contributed by atoms with E-state index in [-0.39, 0.29) is 11.7 Å². The number of anilines is 1. The highest BCUT2D eigenvalue weighted by atomic mass is 35.5. The van der Waals surface area contributed by atoms with Gasteiger partial charge in [-0.05, 0) is 43.2 Å². The van der Waals surface area contributed by atoms with Crippen molar-refractivity contribution in [3.05, 3.63) is 58.3 Å². The monoisotopic (exact) mass is 334 g/mol. The summed E-state index contributed by atoms with van der Waals surface area (Å²) in [5, 5.41) is 1.12. The zero-order valence-corrected chi connectivity index (χ0v) is 13.5. The summed E-state index contributed by atoms with van der Waals surface area (Å²) in [5.41, 5.74) is 1.76. The second kappa shape index (κ2) is 6.67. The summed E-state index contributed by atoms with van der Waals surface area (Å²) >= 11 is 12.0. The van der Waals surface area contributed by atoms with Gasteiger partial charge in [0.25, 0.3) is 0 Å². The molecule has 22 heavy (non-hydrogen) atoms. The Morgan fingerprint density at radius 1 is 1.14 bits per heavy atom. The number of carbonyl (C=O) groups excluding carboxylic acids is 1. The molecule has 0 atom stereocenters. The number of hydrogen-bond acceptors (Lipinski definition) is 3. The summed E-state index contributed by atoms with van der Waals surface area (Å²) in [4.78, 5) is 18.7. The third-order valence-electron chi connectivity index (χ3n) is 4.08.